The van der Waals surface area contributed by atoms with Gasteiger partial charge in [0.25, 0.3) is 5.91 Å². The van der Waals surface area contributed by atoms with Crippen LogP contribution in [0.2, 0.25) is 0 Å². The fourth-order valence-corrected chi connectivity index (χ4v) is 4.59. The Balaban J connectivity index is 1.73. The van der Waals surface area contributed by atoms with Crippen molar-refractivity contribution in [3.8, 4) is 0 Å². The Hall–Kier alpha value is -2.42. The molecule has 2 aromatic carbocycles. The summed E-state index contributed by atoms with van der Waals surface area (Å²) in [5, 5.41) is 0.988. The third-order valence-electron chi connectivity index (χ3n) is 4.06. The Morgan fingerprint density at radius 1 is 1.00 bits per heavy atom. The number of benzene rings is 2. The number of thiazole rings is 2. The van der Waals surface area contributed by atoms with Crippen molar-refractivity contribution in [3.63, 3.8) is 0 Å². The first-order chi connectivity index (χ1) is 13.0. The van der Waals surface area contributed by atoms with Gasteiger partial charge in [-0.05, 0) is 44.4 Å². The van der Waals surface area contributed by atoms with E-state index in [1.54, 1.807) is 11.0 Å². The summed E-state index contributed by atoms with van der Waals surface area (Å²) in [5.74, 6) is -0.493. The molecule has 0 aliphatic heterocycles. The number of carbonyl (C=O) groups excluding carboxylic acids is 1. The molecule has 0 atom stereocenters. The van der Waals surface area contributed by atoms with Crippen LogP contribution in [0.4, 0.5) is 9.52 Å². The molecule has 0 aliphatic carbocycles. The molecular formula is C19H17FN4OS2. The predicted octanol–water partition coefficient (Wildman–Crippen LogP) is 4.25. The monoisotopic (exact) mass is 400 g/mol. The number of nitrogens with zero attached hydrogens (tertiary/aromatic N) is 4. The molecule has 0 radical (unpaired) electrons. The fraction of sp³-hybridized carbons (Fsp3) is 0.211. The van der Waals surface area contributed by atoms with Crippen LogP contribution in [-0.4, -0.2) is 48.0 Å². The van der Waals surface area contributed by atoms with Gasteiger partial charge < -0.3 is 4.90 Å². The molecule has 27 heavy (non-hydrogen) atoms. The first-order valence-corrected chi connectivity index (χ1v) is 10.0. The Bertz CT molecular complexity index is 1090. The SMILES string of the molecule is CN(C)CCN(C(=O)c1nc2ccccc2s1)c1nc2ccc(F)cc2s1. The van der Waals surface area contributed by atoms with Crippen molar-refractivity contribution >= 4 is 54.1 Å². The lowest BCUT2D eigenvalue weighted by molar-refractivity contribution is 0.0985. The average Bonchev–Trinajstić information content (AvgIpc) is 3.24. The van der Waals surface area contributed by atoms with E-state index in [2.05, 4.69) is 9.97 Å². The molecule has 0 unspecified atom stereocenters. The van der Waals surface area contributed by atoms with E-state index in [9.17, 15) is 9.18 Å². The highest BCUT2D eigenvalue weighted by molar-refractivity contribution is 7.22. The molecule has 138 valence electrons. The minimum atomic E-state index is -0.310. The van der Waals surface area contributed by atoms with Gasteiger partial charge in [0.2, 0.25) is 0 Å². The maximum Gasteiger partial charge on any atom is 0.289 e. The minimum Gasteiger partial charge on any atom is -0.308 e. The number of rotatable bonds is 5. The van der Waals surface area contributed by atoms with Gasteiger partial charge in [-0.1, -0.05) is 23.5 Å². The molecule has 0 saturated carbocycles. The maximum absolute atomic E-state index is 13.5. The lowest BCUT2D eigenvalue weighted by Crippen LogP contribution is -2.36. The Morgan fingerprint density at radius 2 is 1.78 bits per heavy atom. The van der Waals surface area contributed by atoms with Crippen LogP contribution in [0.25, 0.3) is 20.4 Å². The molecule has 8 heteroatoms. The molecule has 5 nitrogen and oxygen atoms in total. The standard InChI is InChI=1S/C19H17FN4OS2/c1-23(2)9-10-24(19-22-14-8-7-12(20)11-16(14)27-19)18(25)17-21-13-5-3-4-6-15(13)26-17/h3-8,11H,9-10H2,1-2H3. The van der Waals surface area contributed by atoms with Crippen molar-refractivity contribution in [3.05, 3.63) is 53.3 Å². The summed E-state index contributed by atoms with van der Waals surface area (Å²) < 4.78 is 15.2. The molecule has 4 aromatic rings. The van der Waals surface area contributed by atoms with Gasteiger partial charge in [-0.15, -0.1) is 11.3 Å². The number of para-hydroxylation sites is 1. The summed E-state index contributed by atoms with van der Waals surface area (Å²) in [4.78, 5) is 25.9. The van der Waals surface area contributed by atoms with Gasteiger partial charge in [-0.3, -0.25) is 9.69 Å². The summed E-state index contributed by atoms with van der Waals surface area (Å²) >= 11 is 2.69. The highest BCUT2D eigenvalue weighted by atomic mass is 32.1. The first kappa shape index (κ1) is 18.0. The van der Waals surface area contributed by atoms with Gasteiger partial charge in [0.05, 0.1) is 20.4 Å². The van der Waals surface area contributed by atoms with Crippen LogP contribution in [0.1, 0.15) is 9.80 Å². The molecule has 2 heterocycles. The van der Waals surface area contributed by atoms with Crippen molar-refractivity contribution in [1.82, 2.24) is 14.9 Å². The Morgan fingerprint density at radius 3 is 2.56 bits per heavy atom. The van der Waals surface area contributed by atoms with Crippen molar-refractivity contribution in [1.29, 1.82) is 0 Å². The Labute approximate surface area is 163 Å². The third-order valence-corrected chi connectivity index (χ3v) is 6.13. The molecule has 0 bridgehead atoms. The van der Waals surface area contributed by atoms with Crippen LogP contribution >= 0.6 is 22.7 Å². The Kier molecular flexibility index (Phi) is 4.86. The van der Waals surface area contributed by atoms with Gasteiger partial charge in [0, 0.05) is 13.1 Å². The normalized spacial score (nSPS) is 11.6. The molecular weight excluding hydrogens is 383 g/mol. The predicted molar refractivity (Wildman–Crippen MR) is 109 cm³/mol. The van der Waals surface area contributed by atoms with E-state index in [4.69, 9.17) is 0 Å². The lowest BCUT2D eigenvalue weighted by Gasteiger charge is -2.20. The van der Waals surface area contributed by atoms with Crippen LogP contribution in [0.15, 0.2) is 42.5 Å². The zero-order valence-electron chi connectivity index (χ0n) is 14.8. The molecule has 0 spiro atoms. The highest BCUT2D eigenvalue weighted by Crippen LogP contribution is 2.31. The zero-order valence-corrected chi connectivity index (χ0v) is 16.5. The molecule has 0 fully saturated rings. The number of fused-ring (bicyclic) bond motifs is 2. The van der Waals surface area contributed by atoms with E-state index >= 15 is 0 Å². The zero-order chi connectivity index (χ0) is 19.0. The van der Waals surface area contributed by atoms with Crippen LogP contribution in [-0.2, 0) is 0 Å². The summed E-state index contributed by atoms with van der Waals surface area (Å²) in [6.07, 6.45) is 0. The molecule has 4 rings (SSSR count). The quantitative estimate of drug-likeness (QED) is 0.502. The molecule has 0 saturated heterocycles. The number of hydrogen-bond acceptors (Lipinski definition) is 6. The average molecular weight is 401 g/mol. The number of likely N-dealkylation sites (N-methyl/N-ethyl adjacent to an activating group) is 1. The topological polar surface area (TPSA) is 49.3 Å². The fourth-order valence-electron chi connectivity index (χ4n) is 2.66. The number of amides is 1. The van der Waals surface area contributed by atoms with Crippen LogP contribution in [0, 0.1) is 5.82 Å². The van der Waals surface area contributed by atoms with Crippen molar-refractivity contribution in [2.75, 3.05) is 32.1 Å². The van der Waals surface area contributed by atoms with Crippen LogP contribution in [0.3, 0.4) is 0 Å². The lowest BCUT2D eigenvalue weighted by atomic mass is 10.3. The summed E-state index contributed by atoms with van der Waals surface area (Å²) in [6, 6.07) is 12.1. The smallest absolute Gasteiger partial charge is 0.289 e. The first-order valence-electron chi connectivity index (χ1n) is 8.39. The summed E-state index contributed by atoms with van der Waals surface area (Å²) in [6.45, 7) is 1.16. The van der Waals surface area contributed by atoms with Gasteiger partial charge in [-0.2, -0.15) is 0 Å². The van der Waals surface area contributed by atoms with Gasteiger partial charge in [-0.25, -0.2) is 14.4 Å². The van der Waals surface area contributed by atoms with E-state index in [1.165, 1.54) is 34.8 Å². The number of hydrogen-bond donors (Lipinski definition) is 0. The largest absolute Gasteiger partial charge is 0.308 e. The number of aromatic nitrogens is 2. The number of carbonyl (C=O) groups is 1. The van der Waals surface area contributed by atoms with Gasteiger partial charge in [0.15, 0.2) is 10.1 Å². The van der Waals surface area contributed by atoms with Crippen molar-refractivity contribution in [2.45, 2.75) is 0 Å². The molecule has 0 N–H and O–H groups in total. The second kappa shape index (κ2) is 7.30. The van der Waals surface area contributed by atoms with Crippen LogP contribution in [0.5, 0.6) is 0 Å². The summed E-state index contributed by atoms with van der Waals surface area (Å²) in [7, 11) is 3.90. The minimum absolute atomic E-state index is 0.183. The van der Waals surface area contributed by atoms with E-state index in [-0.39, 0.29) is 11.7 Å². The van der Waals surface area contributed by atoms with Gasteiger partial charge >= 0.3 is 0 Å². The van der Waals surface area contributed by atoms with E-state index < -0.39 is 0 Å². The molecule has 1 amide bonds. The van der Waals surface area contributed by atoms with Crippen molar-refractivity contribution in [2.24, 2.45) is 0 Å². The maximum atomic E-state index is 13.5. The van der Waals surface area contributed by atoms with Crippen molar-refractivity contribution < 1.29 is 9.18 Å². The summed E-state index contributed by atoms with van der Waals surface area (Å²) in [5.41, 5.74) is 1.49. The van der Waals surface area contributed by atoms with E-state index in [1.807, 2.05) is 43.3 Å². The van der Waals surface area contributed by atoms with E-state index in [0.717, 1.165) is 14.9 Å². The number of halogens is 1. The molecule has 0 aliphatic rings. The second-order valence-electron chi connectivity index (χ2n) is 6.36. The number of anilines is 1. The van der Waals surface area contributed by atoms with E-state index in [0.29, 0.717) is 28.7 Å². The molecule has 2 aromatic heterocycles. The van der Waals surface area contributed by atoms with Gasteiger partial charge in [0.1, 0.15) is 5.82 Å². The van der Waals surface area contributed by atoms with Crippen LogP contribution < -0.4 is 4.90 Å². The third kappa shape index (κ3) is 3.69. The second-order valence-corrected chi connectivity index (χ2v) is 8.40. The highest BCUT2D eigenvalue weighted by Gasteiger charge is 2.24.